The van der Waals surface area contributed by atoms with Gasteiger partial charge < -0.3 is 10.1 Å². The van der Waals surface area contributed by atoms with Crippen LogP contribution in [0.3, 0.4) is 0 Å². The van der Waals surface area contributed by atoms with E-state index < -0.39 is 0 Å². The first-order chi connectivity index (χ1) is 8.50. The van der Waals surface area contributed by atoms with Crippen molar-refractivity contribution in [3.05, 3.63) is 17.0 Å². The number of methoxy groups -OCH3 is 1. The van der Waals surface area contributed by atoms with Crippen molar-refractivity contribution < 1.29 is 4.74 Å². The summed E-state index contributed by atoms with van der Waals surface area (Å²) in [7, 11) is 1.73. The van der Waals surface area contributed by atoms with Crippen LogP contribution in [0.25, 0.3) is 0 Å². The van der Waals surface area contributed by atoms with Gasteiger partial charge in [0, 0.05) is 25.8 Å². The highest BCUT2D eigenvalue weighted by atomic mass is 35.5. The van der Waals surface area contributed by atoms with Gasteiger partial charge in [0.05, 0.1) is 0 Å². The van der Waals surface area contributed by atoms with E-state index in [1.165, 1.54) is 6.33 Å². The molecule has 0 atom stereocenters. The summed E-state index contributed by atoms with van der Waals surface area (Å²) in [5.41, 5.74) is 1.13. The quantitative estimate of drug-likeness (QED) is 0.774. The number of ether oxygens (including phenoxy) is 1. The van der Waals surface area contributed by atoms with Crippen LogP contribution in [0, 0.1) is 5.41 Å². The third-order valence-electron chi connectivity index (χ3n) is 2.96. The Hall–Kier alpha value is -0.870. The Morgan fingerprint density at radius 3 is 2.72 bits per heavy atom. The molecule has 5 heteroatoms. The number of halogens is 1. The molecule has 0 aliphatic rings. The minimum absolute atomic E-state index is 0.151. The summed E-state index contributed by atoms with van der Waals surface area (Å²) in [4.78, 5) is 8.25. The maximum absolute atomic E-state index is 6.05. The third-order valence-corrected chi connectivity index (χ3v) is 3.29. The van der Waals surface area contributed by atoms with Crippen LogP contribution >= 0.6 is 11.6 Å². The zero-order valence-electron chi connectivity index (χ0n) is 11.6. The van der Waals surface area contributed by atoms with Gasteiger partial charge in [-0.3, -0.25) is 0 Å². The summed E-state index contributed by atoms with van der Waals surface area (Å²) in [6.45, 7) is 8.04. The molecule has 0 aliphatic heterocycles. The lowest BCUT2D eigenvalue weighted by molar-refractivity contribution is 0.157. The smallest absolute Gasteiger partial charge is 0.137 e. The molecule has 1 aromatic rings. The van der Waals surface area contributed by atoms with E-state index in [1.54, 1.807) is 7.11 Å². The predicted octanol–water partition coefficient (Wildman–Crippen LogP) is 3.17. The van der Waals surface area contributed by atoms with Gasteiger partial charge in [-0.25, -0.2) is 9.97 Å². The van der Waals surface area contributed by atoms with E-state index in [4.69, 9.17) is 16.3 Å². The second-order valence-electron chi connectivity index (χ2n) is 5.11. The maximum atomic E-state index is 6.05. The number of nitrogens with zero attached hydrogens (tertiary/aromatic N) is 2. The summed E-state index contributed by atoms with van der Waals surface area (Å²) in [6.07, 6.45) is 3.31. The van der Waals surface area contributed by atoms with Crippen LogP contribution in [0.1, 0.15) is 32.8 Å². The van der Waals surface area contributed by atoms with E-state index in [0.29, 0.717) is 5.15 Å². The Bertz CT molecular complexity index is 382. The van der Waals surface area contributed by atoms with E-state index in [1.807, 2.05) is 6.92 Å². The molecular formula is C13H22ClN3O. The lowest BCUT2D eigenvalue weighted by atomic mass is 9.89. The van der Waals surface area contributed by atoms with Gasteiger partial charge in [-0.2, -0.15) is 0 Å². The molecule has 1 rings (SSSR count). The molecule has 0 saturated heterocycles. The van der Waals surface area contributed by atoms with Gasteiger partial charge in [0.15, 0.2) is 0 Å². The monoisotopic (exact) mass is 271 g/mol. The standard InChI is InChI=1S/C13H22ClN3O/c1-5-10-11(14)16-9-17-12(10)15-8-13(2,3)6-7-18-4/h9H,5-8H2,1-4H3,(H,15,16,17). The fourth-order valence-corrected chi connectivity index (χ4v) is 1.91. The molecule has 0 bridgehead atoms. The Kier molecular flexibility index (Phi) is 5.82. The Morgan fingerprint density at radius 1 is 1.39 bits per heavy atom. The number of hydrogen-bond donors (Lipinski definition) is 1. The Balaban J connectivity index is 2.65. The summed E-state index contributed by atoms with van der Waals surface area (Å²) in [5, 5.41) is 3.90. The van der Waals surface area contributed by atoms with Crippen molar-refractivity contribution in [2.24, 2.45) is 5.41 Å². The fraction of sp³-hybridized carbons (Fsp3) is 0.692. The van der Waals surface area contributed by atoms with Crippen LogP contribution in [0.2, 0.25) is 5.15 Å². The molecule has 0 radical (unpaired) electrons. The van der Waals surface area contributed by atoms with Crippen LogP contribution in [-0.4, -0.2) is 30.2 Å². The first-order valence-corrected chi connectivity index (χ1v) is 6.60. The number of hydrogen-bond acceptors (Lipinski definition) is 4. The first-order valence-electron chi connectivity index (χ1n) is 6.22. The zero-order chi connectivity index (χ0) is 13.6. The molecule has 1 heterocycles. The number of rotatable bonds is 7. The van der Waals surface area contributed by atoms with Crippen LogP contribution in [-0.2, 0) is 11.2 Å². The molecule has 4 nitrogen and oxygen atoms in total. The van der Waals surface area contributed by atoms with Gasteiger partial charge in [-0.1, -0.05) is 32.4 Å². The summed E-state index contributed by atoms with van der Waals surface area (Å²) < 4.78 is 5.12. The molecule has 1 aromatic heterocycles. The van der Waals surface area contributed by atoms with Crippen molar-refractivity contribution in [1.82, 2.24) is 9.97 Å². The van der Waals surface area contributed by atoms with Gasteiger partial charge in [0.2, 0.25) is 0 Å². The highest BCUT2D eigenvalue weighted by Gasteiger charge is 2.18. The minimum atomic E-state index is 0.151. The average Bonchev–Trinajstić information content (AvgIpc) is 2.34. The van der Waals surface area contributed by atoms with E-state index in [-0.39, 0.29) is 5.41 Å². The first kappa shape index (κ1) is 15.2. The Morgan fingerprint density at radius 2 is 2.11 bits per heavy atom. The van der Waals surface area contributed by atoms with Crippen LogP contribution in [0.15, 0.2) is 6.33 Å². The van der Waals surface area contributed by atoms with E-state index >= 15 is 0 Å². The molecule has 0 saturated carbocycles. The number of nitrogens with one attached hydrogen (secondary N) is 1. The molecular weight excluding hydrogens is 250 g/mol. The molecule has 102 valence electrons. The van der Waals surface area contributed by atoms with E-state index in [2.05, 4.69) is 29.1 Å². The summed E-state index contributed by atoms with van der Waals surface area (Å²) >= 11 is 6.05. The average molecular weight is 272 g/mol. The van der Waals surface area contributed by atoms with E-state index in [0.717, 1.165) is 37.4 Å². The van der Waals surface area contributed by atoms with Gasteiger partial charge >= 0.3 is 0 Å². The van der Waals surface area contributed by atoms with E-state index in [9.17, 15) is 0 Å². The molecule has 0 amide bonds. The van der Waals surface area contributed by atoms with Gasteiger partial charge in [-0.05, 0) is 18.3 Å². The largest absolute Gasteiger partial charge is 0.385 e. The van der Waals surface area contributed by atoms with Gasteiger partial charge in [-0.15, -0.1) is 0 Å². The second kappa shape index (κ2) is 6.90. The summed E-state index contributed by atoms with van der Waals surface area (Å²) in [5.74, 6) is 0.836. The summed E-state index contributed by atoms with van der Waals surface area (Å²) in [6, 6.07) is 0. The molecule has 18 heavy (non-hydrogen) atoms. The van der Waals surface area contributed by atoms with Crippen molar-refractivity contribution in [2.75, 3.05) is 25.6 Å². The second-order valence-corrected chi connectivity index (χ2v) is 5.46. The number of aromatic nitrogens is 2. The molecule has 0 unspecified atom stereocenters. The van der Waals surface area contributed by atoms with Crippen molar-refractivity contribution >= 4 is 17.4 Å². The highest BCUT2D eigenvalue weighted by molar-refractivity contribution is 6.30. The SMILES string of the molecule is CCc1c(Cl)ncnc1NCC(C)(C)CCOC. The van der Waals surface area contributed by atoms with Crippen LogP contribution in [0.5, 0.6) is 0 Å². The predicted molar refractivity (Wildman–Crippen MR) is 75.2 cm³/mol. The topological polar surface area (TPSA) is 47.0 Å². The van der Waals surface area contributed by atoms with Gasteiger partial charge in [0.25, 0.3) is 0 Å². The lowest BCUT2D eigenvalue weighted by Gasteiger charge is -2.25. The Labute approximate surface area is 114 Å². The third kappa shape index (κ3) is 4.42. The van der Waals surface area contributed by atoms with Gasteiger partial charge in [0.1, 0.15) is 17.3 Å². The van der Waals surface area contributed by atoms with Crippen molar-refractivity contribution in [3.8, 4) is 0 Å². The molecule has 1 N–H and O–H groups in total. The van der Waals surface area contributed by atoms with Crippen molar-refractivity contribution in [1.29, 1.82) is 0 Å². The fourth-order valence-electron chi connectivity index (χ4n) is 1.65. The minimum Gasteiger partial charge on any atom is -0.385 e. The molecule has 0 fully saturated rings. The van der Waals surface area contributed by atoms with Crippen LogP contribution in [0.4, 0.5) is 5.82 Å². The zero-order valence-corrected chi connectivity index (χ0v) is 12.3. The molecule has 0 spiro atoms. The highest BCUT2D eigenvalue weighted by Crippen LogP contribution is 2.24. The lowest BCUT2D eigenvalue weighted by Crippen LogP contribution is -2.25. The van der Waals surface area contributed by atoms with Crippen molar-refractivity contribution in [3.63, 3.8) is 0 Å². The normalized spacial score (nSPS) is 11.6. The number of anilines is 1. The maximum Gasteiger partial charge on any atom is 0.137 e. The van der Waals surface area contributed by atoms with Crippen LogP contribution < -0.4 is 5.32 Å². The molecule has 0 aliphatic carbocycles. The van der Waals surface area contributed by atoms with Crippen molar-refractivity contribution in [2.45, 2.75) is 33.6 Å². The molecule has 0 aromatic carbocycles.